The Morgan fingerprint density at radius 1 is 1.10 bits per heavy atom. The van der Waals surface area contributed by atoms with Gasteiger partial charge < -0.3 is 25.0 Å². The quantitative estimate of drug-likeness (QED) is 0.447. The summed E-state index contributed by atoms with van der Waals surface area (Å²) in [7, 11) is 0. The van der Waals surface area contributed by atoms with Crippen molar-refractivity contribution in [3.63, 3.8) is 0 Å². The van der Waals surface area contributed by atoms with Crippen LogP contribution in [0.25, 0.3) is 0 Å². The number of aromatic nitrogens is 3. The van der Waals surface area contributed by atoms with E-state index in [1.807, 2.05) is 17.2 Å². The molecule has 3 aliphatic rings. The number of piperazine rings is 1. The monoisotopic (exact) mass is 537 g/mol. The molecule has 0 aromatic carbocycles. The predicted molar refractivity (Wildman–Crippen MR) is 152 cm³/mol. The predicted octanol–water partition coefficient (Wildman–Crippen LogP) is 2.52. The molecule has 2 aliphatic heterocycles. The van der Waals surface area contributed by atoms with Crippen molar-refractivity contribution in [1.29, 1.82) is 0 Å². The number of anilines is 2. The lowest BCUT2D eigenvalue weighted by atomic mass is 9.84. The van der Waals surface area contributed by atoms with Crippen molar-refractivity contribution >= 4 is 17.5 Å². The minimum atomic E-state index is -0.148. The number of hydrogen-bond acceptors (Lipinski definition) is 9. The first kappa shape index (κ1) is 27.6. The van der Waals surface area contributed by atoms with E-state index in [1.165, 1.54) is 12.0 Å². The highest BCUT2D eigenvalue weighted by Gasteiger charge is 2.27. The van der Waals surface area contributed by atoms with E-state index < -0.39 is 0 Å². The number of nitrogens with one attached hydrogen (secondary N) is 1. The fraction of sp³-hybridized carbons (Fsp3) is 0.655. The minimum Gasteiger partial charge on any atom is -0.493 e. The molecule has 10 heteroatoms. The Morgan fingerprint density at radius 2 is 1.92 bits per heavy atom. The maximum atomic E-state index is 12.8. The molecule has 0 spiro atoms. The molecule has 39 heavy (non-hydrogen) atoms. The van der Waals surface area contributed by atoms with Crippen molar-refractivity contribution in [3.05, 3.63) is 35.9 Å². The second-order valence-electron chi connectivity index (χ2n) is 11.0. The first-order chi connectivity index (χ1) is 19.1. The van der Waals surface area contributed by atoms with E-state index in [9.17, 15) is 9.90 Å². The van der Waals surface area contributed by atoms with Crippen LogP contribution in [0.15, 0.2) is 24.7 Å². The van der Waals surface area contributed by atoms with Gasteiger partial charge in [-0.1, -0.05) is 6.92 Å². The summed E-state index contributed by atoms with van der Waals surface area (Å²) in [6.07, 6.45) is 12.5. The van der Waals surface area contributed by atoms with Gasteiger partial charge in [0.1, 0.15) is 23.1 Å². The molecule has 2 N–H and O–H groups in total. The Kier molecular flexibility index (Phi) is 9.47. The molecule has 0 bridgehead atoms. The largest absolute Gasteiger partial charge is 0.493 e. The number of carbonyl (C=O) groups excluding carboxylic acids is 1. The van der Waals surface area contributed by atoms with Crippen LogP contribution in [0.2, 0.25) is 0 Å². The summed E-state index contributed by atoms with van der Waals surface area (Å²) in [5, 5.41) is 12.5. The molecule has 1 amide bonds. The summed E-state index contributed by atoms with van der Waals surface area (Å²) in [6.45, 7) is 9.55. The normalized spacial score (nSPS) is 21.3. The zero-order chi connectivity index (χ0) is 27.0. The average Bonchev–Trinajstić information content (AvgIpc) is 3.46. The molecule has 2 aromatic heterocycles. The van der Waals surface area contributed by atoms with Gasteiger partial charge in [0.15, 0.2) is 0 Å². The number of pyridine rings is 1. The van der Waals surface area contributed by atoms with Gasteiger partial charge in [0.05, 0.1) is 25.6 Å². The summed E-state index contributed by atoms with van der Waals surface area (Å²) in [6, 6.07) is 2.18. The average molecular weight is 538 g/mol. The number of ether oxygens (including phenoxy) is 1. The van der Waals surface area contributed by atoms with Gasteiger partial charge in [-0.2, -0.15) is 0 Å². The molecule has 2 aromatic rings. The Bertz CT molecular complexity index is 1060. The maximum absolute atomic E-state index is 12.8. The molecular formula is C29H43N7O3. The van der Waals surface area contributed by atoms with Crippen molar-refractivity contribution in [2.75, 3.05) is 68.8 Å². The van der Waals surface area contributed by atoms with E-state index in [0.29, 0.717) is 18.1 Å². The van der Waals surface area contributed by atoms with E-state index >= 15 is 0 Å². The molecule has 1 aliphatic carbocycles. The molecule has 2 fully saturated rings. The molecular weight excluding hydrogens is 494 g/mol. The van der Waals surface area contributed by atoms with Crippen LogP contribution < -0.4 is 19.9 Å². The number of hydrogen-bond donors (Lipinski definition) is 2. The van der Waals surface area contributed by atoms with Crippen molar-refractivity contribution in [2.45, 2.75) is 57.9 Å². The van der Waals surface area contributed by atoms with E-state index in [2.05, 4.69) is 37.0 Å². The minimum absolute atomic E-state index is 0.0623. The van der Waals surface area contributed by atoms with Gasteiger partial charge in [0.25, 0.3) is 5.91 Å². The lowest BCUT2D eigenvalue weighted by molar-refractivity contribution is 0.0914. The van der Waals surface area contributed by atoms with Crippen molar-refractivity contribution in [3.8, 4) is 5.75 Å². The maximum Gasteiger partial charge on any atom is 0.271 e. The van der Waals surface area contributed by atoms with Crippen LogP contribution in [0.4, 0.5) is 11.6 Å². The fourth-order valence-electron chi connectivity index (χ4n) is 6.11. The zero-order valence-corrected chi connectivity index (χ0v) is 23.2. The highest BCUT2D eigenvalue weighted by atomic mass is 16.5. The Hall–Kier alpha value is -2.98. The summed E-state index contributed by atoms with van der Waals surface area (Å²) >= 11 is 0. The van der Waals surface area contributed by atoms with Crippen LogP contribution in [0.3, 0.4) is 0 Å². The Morgan fingerprint density at radius 3 is 2.64 bits per heavy atom. The van der Waals surface area contributed by atoms with E-state index in [4.69, 9.17) is 4.74 Å². The van der Waals surface area contributed by atoms with Gasteiger partial charge in [0.2, 0.25) is 0 Å². The van der Waals surface area contributed by atoms with E-state index in [1.54, 1.807) is 12.4 Å². The summed E-state index contributed by atoms with van der Waals surface area (Å²) in [5.74, 6) is 3.39. The molecule has 4 heterocycles. The third-order valence-corrected chi connectivity index (χ3v) is 8.37. The van der Waals surface area contributed by atoms with Crippen LogP contribution in [0.5, 0.6) is 5.75 Å². The lowest BCUT2D eigenvalue weighted by Crippen LogP contribution is -2.47. The van der Waals surface area contributed by atoms with Crippen molar-refractivity contribution in [1.82, 2.24) is 25.2 Å². The highest BCUT2D eigenvalue weighted by molar-refractivity contribution is 5.92. The van der Waals surface area contributed by atoms with Crippen molar-refractivity contribution in [2.24, 2.45) is 5.92 Å². The summed E-state index contributed by atoms with van der Waals surface area (Å²) in [4.78, 5) is 33.2. The van der Waals surface area contributed by atoms with Crippen LogP contribution in [-0.4, -0.2) is 95.9 Å². The van der Waals surface area contributed by atoms with Crippen molar-refractivity contribution < 1.29 is 14.6 Å². The molecule has 1 saturated carbocycles. The standard InChI is InChI=1S/C29H43N7O3/c1-2-11-35(17-18-37)27-21-31-25(20-32-27)29(38)33-23-5-3-22(4-6-23)8-12-34-13-15-36(16-14-34)28-24-9-19-39-26(24)7-10-30-28/h7,10,20-23,37H,2-6,8-9,11-19H2,1H3,(H,33,38)/t22-,23-. The summed E-state index contributed by atoms with van der Waals surface area (Å²) < 4.78 is 5.72. The third kappa shape index (κ3) is 6.97. The molecule has 1 saturated heterocycles. The number of nitrogens with zero attached hydrogens (tertiary/aromatic N) is 6. The summed E-state index contributed by atoms with van der Waals surface area (Å²) in [5.41, 5.74) is 1.62. The second kappa shape index (κ2) is 13.4. The van der Waals surface area contributed by atoms with Crippen LogP contribution in [0, 0.1) is 5.92 Å². The number of rotatable bonds is 11. The molecule has 10 nitrogen and oxygen atoms in total. The molecule has 0 unspecified atom stereocenters. The van der Waals surface area contributed by atoms with E-state index in [-0.39, 0.29) is 18.6 Å². The number of carbonyl (C=O) groups is 1. The van der Waals surface area contributed by atoms with Gasteiger partial charge in [-0.05, 0) is 57.1 Å². The van der Waals surface area contributed by atoms with Gasteiger partial charge in [0, 0.05) is 63.5 Å². The van der Waals surface area contributed by atoms with Gasteiger partial charge in [-0.25, -0.2) is 15.0 Å². The van der Waals surface area contributed by atoms with Crippen LogP contribution in [0.1, 0.15) is 61.5 Å². The number of aliphatic hydroxyl groups excluding tert-OH is 1. The molecule has 5 rings (SSSR count). The number of aliphatic hydroxyl groups is 1. The zero-order valence-electron chi connectivity index (χ0n) is 23.2. The third-order valence-electron chi connectivity index (χ3n) is 8.37. The second-order valence-corrected chi connectivity index (χ2v) is 11.0. The van der Waals surface area contributed by atoms with E-state index in [0.717, 1.165) is 102 Å². The smallest absolute Gasteiger partial charge is 0.271 e. The molecule has 0 radical (unpaired) electrons. The molecule has 0 atom stereocenters. The topological polar surface area (TPSA) is 107 Å². The Balaban J connectivity index is 1.01. The number of amides is 1. The fourth-order valence-corrected chi connectivity index (χ4v) is 6.11. The first-order valence-electron chi connectivity index (χ1n) is 14.7. The first-order valence-corrected chi connectivity index (χ1v) is 14.7. The SMILES string of the molecule is CCCN(CCO)c1cnc(C(=O)N[C@H]2CC[C@H](CCN3CCN(c4nccc5c4CCO5)CC3)CC2)cn1. The van der Waals surface area contributed by atoms with Crippen LogP contribution in [-0.2, 0) is 6.42 Å². The highest BCUT2D eigenvalue weighted by Crippen LogP contribution is 2.32. The van der Waals surface area contributed by atoms with Gasteiger partial charge in [-0.3, -0.25) is 9.69 Å². The van der Waals surface area contributed by atoms with Gasteiger partial charge >= 0.3 is 0 Å². The lowest BCUT2D eigenvalue weighted by Gasteiger charge is -2.37. The van der Waals surface area contributed by atoms with Gasteiger partial charge in [-0.15, -0.1) is 0 Å². The Labute approximate surface area is 231 Å². The van der Waals surface area contributed by atoms with Crippen LogP contribution >= 0.6 is 0 Å². The molecule has 212 valence electrons. The number of fused-ring (bicyclic) bond motifs is 1.